The largest absolute Gasteiger partial charge is 0.354 e. The minimum atomic E-state index is -0.691. The second-order valence-corrected chi connectivity index (χ2v) is 7.16. The third kappa shape index (κ3) is 4.92. The number of aryl methyl sites for hydroxylation is 1. The highest BCUT2D eigenvalue weighted by Crippen LogP contribution is 2.24. The maximum atomic E-state index is 13.3. The summed E-state index contributed by atoms with van der Waals surface area (Å²) in [6, 6.07) is 12.8. The van der Waals surface area contributed by atoms with Crippen LogP contribution >= 0.6 is 0 Å². The van der Waals surface area contributed by atoms with Crippen LogP contribution in [0.1, 0.15) is 36.2 Å². The predicted molar refractivity (Wildman–Crippen MR) is 114 cm³/mol. The fourth-order valence-electron chi connectivity index (χ4n) is 2.93. The van der Waals surface area contributed by atoms with Gasteiger partial charge in [0.15, 0.2) is 0 Å². The van der Waals surface area contributed by atoms with Crippen LogP contribution in [0.25, 0.3) is 16.9 Å². The molecule has 0 aliphatic rings. The van der Waals surface area contributed by atoms with E-state index in [2.05, 4.69) is 15.7 Å². The molecule has 3 aromatic rings. The highest BCUT2D eigenvalue weighted by molar-refractivity contribution is 6.02. The summed E-state index contributed by atoms with van der Waals surface area (Å²) in [5.41, 5.74) is 3.30. The first-order valence-corrected chi connectivity index (χ1v) is 9.90. The third-order valence-corrected chi connectivity index (χ3v) is 4.67. The molecule has 156 valence electrons. The summed E-state index contributed by atoms with van der Waals surface area (Å²) >= 11 is 0. The molecular weight excluding hydrogens is 383 g/mol. The van der Waals surface area contributed by atoms with E-state index in [4.69, 9.17) is 0 Å². The zero-order chi connectivity index (χ0) is 21.7. The summed E-state index contributed by atoms with van der Waals surface area (Å²) in [6.07, 6.45) is 2.41. The van der Waals surface area contributed by atoms with Crippen LogP contribution in [-0.2, 0) is 4.79 Å². The molecule has 0 radical (unpaired) electrons. The van der Waals surface area contributed by atoms with Gasteiger partial charge in [-0.3, -0.25) is 9.59 Å². The molecular formula is C23H25FN4O2. The van der Waals surface area contributed by atoms with Crippen molar-refractivity contribution in [3.05, 3.63) is 71.7 Å². The Labute approximate surface area is 175 Å². The molecule has 0 aliphatic heterocycles. The van der Waals surface area contributed by atoms with Crippen LogP contribution < -0.4 is 10.6 Å². The van der Waals surface area contributed by atoms with Crippen LogP contribution in [-0.4, -0.2) is 34.2 Å². The number of hydrogen-bond acceptors (Lipinski definition) is 3. The second-order valence-electron chi connectivity index (χ2n) is 7.16. The molecule has 6 nitrogen and oxygen atoms in total. The maximum Gasteiger partial charge on any atom is 0.255 e. The van der Waals surface area contributed by atoms with Crippen LogP contribution in [0.2, 0.25) is 0 Å². The normalized spacial score (nSPS) is 11.7. The molecule has 0 saturated carbocycles. The van der Waals surface area contributed by atoms with Crippen LogP contribution in [0.15, 0.2) is 54.7 Å². The Kier molecular flexibility index (Phi) is 6.61. The van der Waals surface area contributed by atoms with Crippen LogP contribution in [0, 0.1) is 12.7 Å². The van der Waals surface area contributed by atoms with Crippen molar-refractivity contribution in [1.82, 2.24) is 20.4 Å². The van der Waals surface area contributed by atoms with E-state index in [0.29, 0.717) is 23.5 Å². The first-order chi connectivity index (χ1) is 14.4. The number of halogens is 1. The van der Waals surface area contributed by atoms with Crippen LogP contribution in [0.4, 0.5) is 4.39 Å². The Morgan fingerprint density at radius 2 is 1.77 bits per heavy atom. The summed E-state index contributed by atoms with van der Waals surface area (Å²) in [4.78, 5) is 25.1. The Hall–Kier alpha value is -3.48. The fourth-order valence-corrected chi connectivity index (χ4v) is 2.93. The number of rotatable bonds is 7. The topological polar surface area (TPSA) is 76.0 Å². The Balaban J connectivity index is 1.94. The zero-order valence-corrected chi connectivity index (χ0v) is 17.3. The van der Waals surface area contributed by atoms with E-state index < -0.39 is 11.9 Å². The standard InChI is InChI=1S/C23H25FN4O2/c1-4-13-25-22(29)16(3)26-23(30)20-14-28(19-11-9-18(24)10-12-19)27-21(20)17-7-5-15(2)6-8-17/h5-12,14,16H,4,13H2,1-3H3,(H,25,29)(H,26,30)/t16-/m1/s1. The summed E-state index contributed by atoms with van der Waals surface area (Å²) in [6.45, 7) is 6.13. The third-order valence-electron chi connectivity index (χ3n) is 4.67. The SMILES string of the molecule is CCCNC(=O)[C@@H](C)NC(=O)c1cn(-c2ccc(F)cc2)nc1-c1ccc(C)cc1. The first kappa shape index (κ1) is 21.2. The van der Waals surface area contributed by atoms with Gasteiger partial charge in [0.25, 0.3) is 5.91 Å². The Morgan fingerprint density at radius 3 is 2.40 bits per heavy atom. The van der Waals surface area contributed by atoms with Gasteiger partial charge >= 0.3 is 0 Å². The summed E-state index contributed by atoms with van der Waals surface area (Å²) in [5, 5.41) is 10.1. The van der Waals surface area contributed by atoms with Crippen molar-refractivity contribution in [2.75, 3.05) is 6.54 Å². The molecule has 0 bridgehead atoms. The number of carbonyl (C=O) groups is 2. The van der Waals surface area contributed by atoms with Crippen molar-refractivity contribution >= 4 is 11.8 Å². The molecule has 30 heavy (non-hydrogen) atoms. The van der Waals surface area contributed by atoms with Crippen molar-refractivity contribution in [3.63, 3.8) is 0 Å². The van der Waals surface area contributed by atoms with Crippen molar-refractivity contribution in [1.29, 1.82) is 0 Å². The van der Waals surface area contributed by atoms with Gasteiger partial charge in [-0.2, -0.15) is 5.10 Å². The highest BCUT2D eigenvalue weighted by atomic mass is 19.1. The van der Waals surface area contributed by atoms with Crippen LogP contribution in [0.3, 0.4) is 0 Å². The second kappa shape index (κ2) is 9.35. The lowest BCUT2D eigenvalue weighted by atomic mass is 10.1. The average molecular weight is 408 g/mol. The summed E-state index contributed by atoms with van der Waals surface area (Å²) < 4.78 is 14.8. The first-order valence-electron chi connectivity index (χ1n) is 9.90. The number of nitrogens with one attached hydrogen (secondary N) is 2. The van der Waals surface area contributed by atoms with Crippen molar-refractivity contribution in [2.45, 2.75) is 33.2 Å². The minimum Gasteiger partial charge on any atom is -0.354 e. The van der Waals surface area contributed by atoms with Gasteiger partial charge in [-0.1, -0.05) is 36.8 Å². The predicted octanol–water partition coefficient (Wildman–Crippen LogP) is 3.63. The molecule has 7 heteroatoms. The molecule has 0 saturated heterocycles. The molecule has 2 aromatic carbocycles. The fraction of sp³-hybridized carbons (Fsp3) is 0.261. The number of aromatic nitrogens is 2. The lowest BCUT2D eigenvalue weighted by Crippen LogP contribution is -2.45. The number of benzene rings is 2. The van der Waals surface area contributed by atoms with E-state index in [1.54, 1.807) is 25.3 Å². The number of hydrogen-bond donors (Lipinski definition) is 2. The molecule has 1 heterocycles. The van der Waals surface area contributed by atoms with Gasteiger partial charge in [0, 0.05) is 18.3 Å². The molecule has 3 rings (SSSR count). The van der Waals surface area contributed by atoms with E-state index in [1.807, 2.05) is 38.1 Å². The molecule has 0 unspecified atom stereocenters. The van der Waals surface area contributed by atoms with Gasteiger partial charge in [-0.05, 0) is 44.5 Å². The van der Waals surface area contributed by atoms with Gasteiger partial charge < -0.3 is 10.6 Å². The lowest BCUT2D eigenvalue weighted by molar-refractivity contribution is -0.122. The molecule has 2 N–H and O–H groups in total. The maximum absolute atomic E-state index is 13.3. The van der Waals surface area contributed by atoms with Gasteiger partial charge in [0.1, 0.15) is 17.6 Å². The minimum absolute atomic E-state index is 0.243. The van der Waals surface area contributed by atoms with E-state index in [0.717, 1.165) is 17.5 Å². The van der Waals surface area contributed by atoms with Gasteiger partial charge in [-0.15, -0.1) is 0 Å². The summed E-state index contributed by atoms with van der Waals surface area (Å²) in [7, 11) is 0. The molecule has 0 fully saturated rings. The van der Waals surface area contributed by atoms with E-state index in [1.165, 1.54) is 16.8 Å². The molecule has 1 aromatic heterocycles. The highest BCUT2D eigenvalue weighted by Gasteiger charge is 2.22. The van der Waals surface area contributed by atoms with E-state index >= 15 is 0 Å². The molecule has 0 spiro atoms. The van der Waals surface area contributed by atoms with Crippen molar-refractivity contribution in [2.24, 2.45) is 0 Å². The lowest BCUT2D eigenvalue weighted by Gasteiger charge is -2.13. The smallest absolute Gasteiger partial charge is 0.255 e. The molecule has 0 aliphatic carbocycles. The van der Waals surface area contributed by atoms with Gasteiger partial charge in [-0.25, -0.2) is 9.07 Å². The molecule has 1 atom stereocenters. The van der Waals surface area contributed by atoms with Crippen molar-refractivity contribution in [3.8, 4) is 16.9 Å². The molecule has 2 amide bonds. The number of amides is 2. The zero-order valence-electron chi connectivity index (χ0n) is 17.3. The van der Waals surface area contributed by atoms with Gasteiger partial charge in [0.05, 0.1) is 11.3 Å². The number of carbonyl (C=O) groups excluding carboxylic acids is 2. The Bertz CT molecular complexity index is 1030. The van der Waals surface area contributed by atoms with Gasteiger partial charge in [0.2, 0.25) is 5.91 Å². The average Bonchev–Trinajstić information content (AvgIpc) is 3.18. The van der Waals surface area contributed by atoms with E-state index in [9.17, 15) is 14.0 Å². The monoisotopic (exact) mass is 408 g/mol. The number of nitrogens with zero attached hydrogens (tertiary/aromatic N) is 2. The van der Waals surface area contributed by atoms with E-state index in [-0.39, 0.29) is 11.7 Å². The van der Waals surface area contributed by atoms with Crippen LogP contribution in [0.5, 0.6) is 0 Å². The summed E-state index contributed by atoms with van der Waals surface area (Å²) in [5.74, 6) is -0.999. The van der Waals surface area contributed by atoms with Crippen molar-refractivity contribution < 1.29 is 14.0 Å². The quantitative estimate of drug-likeness (QED) is 0.627. The Morgan fingerprint density at radius 1 is 1.10 bits per heavy atom.